The summed E-state index contributed by atoms with van der Waals surface area (Å²) in [7, 11) is -3.96. The number of sulfonamides is 1. The fourth-order valence-electron chi connectivity index (χ4n) is 3.01. The average molecular weight is 441 g/mol. The van der Waals surface area contributed by atoms with Crippen LogP contribution in [0.4, 0.5) is 11.6 Å². The second kappa shape index (κ2) is 7.77. The van der Waals surface area contributed by atoms with Gasteiger partial charge in [-0.25, -0.2) is 23.4 Å². The zero-order valence-electron chi connectivity index (χ0n) is 15.8. The molecule has 10 heteroatoms. The number of nitrogen functional groups attached to an aromatic ring is 1. The molecule has 0 unspecified atom stereocenters. The van der Waals surface area contributed by atoms with Crippen LogP contribution in [-0.4, -0.2) is 28.4 Å². The number of aromatic amines is 1. The van der Waals surface area contributed by atoms with E-state index < -0.39 is 10.0 Å². The maximum Gasteiger partial charge on any atom is 0.263 e. The van der Waals surface area contributed by atoms with Gasteiger partial charge in [0.1, 0.15) is 10.7 Å². The molecule has 4 aromatic rings. The van der Waals surface area contributed by atoms with Crippen molar-refractivity contribution >= 4 is 33.3 Å². The van der Waals surface area contributed by atoms with Gasteiger partial charge in [0.15, 0.2) is 0 Å². The standard InChI is InChI=1S/C20H17ClN6O2S/c1-12-16(11-25-20(22)26-12)13-5-6-17(21)18(10-13)30(28,29)27-15-4-2-3-14(9-15)19-23-7-8-24-19/h2-11,27H,1H3,(H,23,24)(H2,22,25,26). The van der Waals surface area contributed by atoms with Crippen molar-refractivity contribution < 1.29 is 8.42 Å². The van der Waals surface area contributed by atoms with Crippen molar-refractivity contribution in [3.8, 4) is 22.5 Å². The Balaban J connectivity index is 1.70. The minimum Gasteiger partial charge on any atom is -0.368 e. The van der Waals surface area contributed by atoms with Crippen LogP contribution in [0.15, 0.2) is 66.0 Å². The van der Waals surface area contributed by atoms with Gasteiger partial charge in [0.25, 0.3) is 10.0 Å². The van der Waals surface area contributed by atoms with Crippen LogP contribution in [0.25, 0.3) is 22.5 Å². The molecule has 0 fully saturated rings. The number of imidazole rings is 1. The molecule has 0 spiro atoms. The van der Waals surface area contributed by atoms with Crippen molar-refractivity contribution in [2.24, 2.45) is 0 Å². The molecule has 0 saturated heterocycles. The van der Waals surface area contributed by atoms with E-state index in [1.165, 1.54) is 12.1 Å². The number of nitrogens with two attached hydrogens (primary N) is 1. The van der Waals surface area contributed by atoms with E-state index in [-0.39, 0.29) is 15.9 Å². The topological polar surface area (TPSA) is 127 Å². The third kappa shape index (κ3) is 3.98. The van der Waals surface area contributed by atoms with E-state index in [1.807, 2.05) is 6.07 Å². The summed E-state index contributed by atoms with van der Waals surface area (Å²) in [5.74, 6) is 0.783. The quantitative estimate of drug-likeness (QED) is 0.432. The highest BCUT2D eigenvalue weighted by Crippen LogP contribution is 2.31. The molecule has 0 saturated carbocycles. The Hall–Kier alpha value is -3.43. The molecule has 2 aromatic heterocycles. The van der Waals surface area contributed by atoms with E-state index >= 15 is 0 Å². The van der Waals surface area contributed by atoms with E-state index in [0.29, 0.717) is 28.3 Å². The number of aryl methyl sites for hydroxylation is 1. The van der Waals surface area contributed by atoms with Gasteiger partial charge in [-0.15, -0.1) is 0 Å². The van der Waals surface area contributed by atoms with E-state index in [4.69, 9.17) is 17.3 Å². The molecule has 2 aromatic carbocycles. The highest BCUT2D eigenvalue weighted by atomic mass is 35.5. The van der Waals surface area contributed by atoms with Crippen LogP contribution in [0.2, 0.25) is 5.02 Å². The summed E-state index contributed by atoms with van der Waals surface area (Å²) >= 11 is 6.23. The van der Waals surface area contributed by atoms with Gasteiger partial charge in [-0.05, 0) is 36.8 Å². The molecular weight excluding hydrogens is 424 g/mol. The Bertz CT molecular complexity index is 1320. The van der Waals surface area contributed by atoms with E-state index in [0.717, 1.165) is 5.56 Å². The van der Waals surface area contributed by atoms with Gasteiger partial charge in [0, 0.05) is 35.4 Å². The van der Waals surface area contributed by atoms with Crippen LogP contribution in [0, 0.1) is 6.92 Å². The first-order chi connectivity index (χ1) is 14.3. The average Bonchev–Trinajstić information content (AvgIpc) is 3.23. The van der Waals surface area contributed by atoms with Crippen LogP contribution in [-0.2, 0) is 10.0 Å². The third-order valence-corrected chi connectivity index (χ3v) is 6.28. The highest BCUT2D eigenvalue weighted by Gasteiger charge is 2.20. The Morgan fingerprint density at radius 3 is 2.67 bits per heavy atom. The Morgan fingerprint density at radius 2 is 1.93 bits per heavy atom. The Kier molecular flexibility index (Phi) is 5.15. The Labute approximate surface area is 178 Å². The van der Waals surface area contributed by atoms with Gasteiger partial charge in [-0.2, -0.15) is 0 Å². The summed E-state index contributed by atoms with van der Waals surface area (Å²) < 4.78 is 28.7. The summed E-state index contributed by atoms with van der Waals surface area (Å²) in [4.78, 5) is 15.2. The van der Waals surface area contributed by atoms with Crippen LogP contribution in [0.1, 0.15) is 5.69 Å². The number of hydrogen-bond acceptors (Lipinski definition) is 6. The summed E-state index contributed by atoms with van der Waals surface area (Å²) in [5, 5.41) is 0.0995. The zero-order valence-corrected chi connectivity index (χ0v) is 17.4. The van der Waals surface area contributed by atoms with Crippen molar-refractivity contribution in [3.63, 3.8) is 0 Å². The van der Waals surface area contributed by atoms with Gasteiger partial charge in [0.05, 0.1) is 10.7 Å². The van der Waals surface area contributed by atoms with Crippen molar-refractivity contribution in [1.29, 1.82) is 0 Å². The van der Waals surface area contributed by atoms with Crippen molar-refractivity contribution in [1.82, 2.24) is 19.9 Å². The monoisotopic (exact) mass is 440 g/mol. The van der Waals surface area contributed by atoms with E-state index in [2.05, 4.69) is 24.7 Å². The fraction of sp³-hybridized carbons (Fsp3) is 0.0500. The minimum atomic E-state index is -3.96. The molecule has 0 aliphatic rings. The van der Waals surface area contributed by atoms with Crippen LogP contribution < -0.4 is 10.5 Å². The molecule has 2 heterocycles. The van der Waals surface area contributed by atoms with E-state index in [1.54, 1.807) is 49.8 Å². The smallest absolute Gasteiger partial charge is 0.263 e. The molecule has 0 aliphatic carbocycles. The zero-order chi connectivity index (χ0) is 21.3. The number of anilines is 2. The molecule has 0 atom stereocenters. The number of nitrogens with zero attached hydrogens (tertiary/aromatic N) is 3. The van der Waals surface area contributed by atoms with Gasteiger partial charge in [-0.1, -0.05) is 29.8 Å². The van der Waals surface area contributed by atoms with E-state index in [9.17, 15) is 8.42 Å². The van der Waals surface area contributed by atoms with Gasteiger partial charge in [-0.3, -0.25) is 4.72 Å². The number of benzene rings is 2. The number of halogens is 1. The molecule has 8 nitrogen and oxygen atoms in total. The van der Waals surface area contributed by atoms with Gasteiger partial charge >= 0.3 is 0 Å². The maximum absolute atomic E-state index is 13.1. The van der Waals surface area contributed by atoms with Crippen LogP contribution in [0.5, 0.6) is 0 Å². The fourth-order valence-corrected chi connectivity index (χ4v) is 4.58. The van der Waals surface area contributed by atoms with Gasteiger partial charge in [0.2, 0.25) is 5.95 Å². The molecule has 30 heavy (non-hydrogen) atoms. The lowest BCUT2D eigenvalue weighted by atomic mass is 10.1. The number of aromatic nitrogens is 4. The predicted molar refractivity (Wildman–Crippen MR) is 116 cm³/mol. The predicted octanol–water partition coefficient (Wildman–Crippen LogP) is 3.88. The van der Waals surface area contributed by atoms with Gasteiger partial charge < -0.3 is 10.7 Å². The lowest BCUT2D eigenvalue weighted by Gasteiger charge is -2.12. The molecule has 0 bridgehead atoms. The summed E-state index contributed by atoms with van der Waals surface area (Å²) in [6.07, 6.45) is 4.87. The largest absolute Gasteiger partial charge is 0.368 e. The molecule has 0 radical (unpaired) electrons. The number of rotatable bonds is 5. The minimum absolute atomic E-state index is 0.0544. The summed E-state index contributed by atoms with van der Waals surface area (Å²) in [6, 6.07) is 11.6. The normalized spacial score (nSPS) is 11.4. The van der Waals surface area contributed by atoms with Crippen molar-refractivity contribution in [2.45, 2.75) is 11.8 Å². The third-order valence-electron chi connectivity index (χ3n) is 4.42. The van der Waals surface area contributed by atoms with Crippen LogP contribution in [0.3, 0.4) is 0 Å². The van der Waals surface area contributed by atoms with Crippen molar-refractivity contribution in [3.05, 3.63) is 71.8 Å². The lowest BCUT2D eigenvalue weighted by molar-refractivity contribution is 0.601. The first kappa shape index (κ1) is 19.9. The second-order valence-corrected chi connectivity index (χ2v) is 8.55. The highest BCUT2D eigenvalue weighted by molar-refractivity contribution is 7.92. The molecule has 4 N–H and O–H groups in total. The summed E-state index contributed by atoms with van der Waals surface area (Å²) in [5.41, 5.74) is 8.65. The SMILES string of the molecule is Cc1nc(N)ncc1-c1ccc(Cl)c(S(=O)(=O)Nc2cccc(-c3ncc[nH]3)c2)c1. The number of hydrogen-bond donors (Lipinski definition) is 3. The maximum atomic E-state index is 13.1. The second-order valence-electron chi connectivity index (χ2n) is 6.50. The summed E-state index contributed by atoms with van der Waals surface area (Å²) in [6.45, 7) is 1.77. The van der Waals surface area contributed by atoms with Crippen LogP contribution >= 0.6 is 11.6 Å². The molecule has 4 rings (SSSR count). The number of H-pyrrole nitrogens is 1. The molecular formula is C20H17ClN6O2S. The number of nitrogens with one attached hydrogen (secondary N) is 2. The van der Waals surface area contributed by atoms with Crippen molar-refractivity contribution in [2.75, 3.05) is 10.5 Å². The Morgan fingerprint density at radius 1 is 1.10 bits per heavy atom. The first-order valence-corrected chi connectivity index (χ1v) is 10.7. The first-order valence-electron chi connectivity index (χ1n) is 8.85. The molecule has 0 amide bonds. The molecule has 152 valence electrons. The molecule has 0 aliphatic heterocycles. The lowest BCUT2D eigenvalue weighted by Crippen LogP contribution is -2.13.